The van der Waals surface area contributed by atoms with Crippen molar-refractivity contribution in [2.45, 2.75) is 44.1 Å². The summed E-state index contributed by atoms with van der Waals surface area (Å²) in [7, 11) is 0. The summed E-state index contributed by atoms with van der Waals surface area (Å²) in [6, 6.07) is 8.50. The van der Waals surface area contributed by atoms with Gasteiger partial charge in [0.05, 0.1) is 35.7 Å². The molecule has 2 heterocycles. The monoisotopic (exact) mass is 518 g/mol. The van der Waals surface area contributed by atoms with Gasteiger partial charge in [-0.05, 0) is 61.7 Å². The van der Waals surface area contributed by atoms with Crippen molar-refractivity contribution in [3.63, 3.8) is 0 Å². The third-order valence-corrected chi connectivity index (χ3v) is 5.77. The molecule has 1 aliphatic carbocycles. The number of aliphatic hydroxyl groups is 1. The second-order valence-corrected chi connectivity index (χ2v) is 8.61. The van der Waals surface area contributed by atoms with Crippen LogP contribution in [0.5, 0.6) is 11.5 Å². The fourth-order valence-corrected chi connectivity index (χ4v) is 3.49. The molecule has 194 valence electrons. The van der Waals surface area contributed by atoms with E-state index >= 15 is 0 Å². The van der Waals surface area contributed by atoms with E-state index in [0.29, 0.717) is 18.5 Å². The van der Waals surface area contributed by atoms with E-state index in [1.165, 1.54) is 37.4 Å². The molecular weight excluding hydrogens is 496 g/mol. The number of nitrogens with zero attached hydrogens (tertiary/aromatic N) is 2. The average Bonchev–Trinajstić information content (AvgIpc) is 3.64. The van der Waals surface area contributed by atoms with Crippen molar-refractivity contribution in [2.75, 3.05) is 0 Å². The number of halogens is 4. The largest absolute Gasteiger partial charge is 0.455 e. The maximum Gasteiger partial charge on any atom is 0.419 e. The number of hydrogen-bond donors (Lipinski definition) is 3. The second-order valence-electron chi connectivity index (χ2n) is 8.61. The Morgan fingerprint density at radius 2 is 1.86 bits per heavy atom. The Hall–Kier alpha value is -4.06. The third-order valence-electron chi connectivity index (χ3n) is 5.77. The quantitative estimate of drug-likeness (QED) is 0.306. The maximum absolute atomic E-state index is 13.5. The molecule has 0 aliphatic heterocycles. The lowest BCUT2D eigenvalue weighted by atomic mass is 10.1. The molecule has 0 saturated heterocycles. The number of pyridine rings is 2. The van der Waals surface area contributed by atoms with Crippen molar-refractivity contribution in [1.82, 2.24) is 20.6 Å². The minimum absolute atomic E-state index is 0.00568. The molecule has 1 aliphatic rings. The van der Waals surface area contributed by atoms with Crippen molar-refractivity contribution in [3.8, 4) is 11.5 Å². The minimum atomic E-state index is -4.70. The van der Waals surface area contributed by atoms with Gasteiger partial charge in [-0.1, -0.05) is 6.07 Å². The molecular formula is C25H22F4N4O4. The van der Waals surface area contributed by atoms with Crippen LogP contribution in [0.15, 0.2) is 54.9 Å². The lowest BCUT2D eigenvalue weighted by Gasteiger charge is -2.17. The molecule has 37 heavy (non-hydrogen) atoms. The van der Waals surface area contributed by atoms with E-state index in [0.717, 1.165) is 24.4 Å². The first-order valence-corrected chi connectivity index (χ1v) is 11.2. The SMILES string of the molecule is CC(O)c1ccc(Oc2ccc(CNC(=O)C3(NC(=O)c4ccc(F)nc4)CC3)nc2)c(C(F)(F)F)c1. The Morgan fingerprint density at radius 1 is 1.11 bits per heavy atom. The predicted molar refractivity (Wildman–Crippen MR) is 122 cm³/mol. The first kappa shape index (κ1) is 26.0. The number of rotatable bonds is 8. The number of aromatic nitrogens is 2. The summed E-state index contributed by atoms with van der Waals surface area (Å²) in [4.78, 5) is 32.5. The molecule has 3 aromatic rings. The van der Waals surface area contributed by atoms with Gasteiger partial charge in [0.25, 0.3) is 5.91 Å². The molecule has 12 heteroatoms. The lowest BCUT2D eigenvalue weighted by molar-refractivity contribution is -0.138. The molecule has 0 bridgehead atoms. The summed E-state index contributed by atoms with van der Waals surface area (Å²) in [5, 5.41) is 14.9. The van der Waals surface area contributed by atoms with Gasteiger partial charge in [0, 0.05) is 6.20 Å². The predicted octanol–water partition coefficient (Wildman–Crippen LogP) is 4.06. The number of amides is 2. The molecule has 1 atom stereocenters. The molecule has 1 saturated carbocycles. The van der Waals surface area contributed by atoms with E-state index in [-0.39, 0.29) is 23.4 Å². The highest BCUT2D eigenvalue weighted by molar-refractivity contribution is 6.00. The van der Waals surface area contributed by atoms with Crippen molar-refractivity contribution < 1.29 is 37.0 Å². The molecule has 4 rings (SSSR count). The van der Waals surface area contributed by atoms with E-state index in [9.17, 15) is 32.3 Å². The number of aliphatic hydroxyl groups excluding tert-OH is 1. The molecule has 1 aromatic carbocycles. The van der Waals surface area contributed by atoms with Crippen molar-refractivity contribution in [3.05, 3.63) is 83.2 Å². The topological polar surface area (TPSA) is 113 Å². The van der Waals surface area contributed by atoms with Crippen LogP contribution >= 0.6 is 0 Å². The van der Waals surface area contributed by atoms with Crippen LogP contribution in [0.1, 0.15) is 53.0 Å². The number of carbonyl (C=O) groups excluding carboxylic acids is 2. The van der Waals surface area contributed by atoms with Gasteiger partial charge in [-0.25, -0.2) is 4.98 Å². The summed E-state index contributed by atoms with van der Waals surface area (Å²) in [6.07, 6.45) is -2.62. The van der Waals surface area contributed by atoms with Crippen LogP contribution in [0.2, 0.25) is 0 Å². The van der Waals surface area contributed by atoms with E-state index in [1.54, 1.807) is 0 Å². The summed E-state index contributed by atoms with van der Waals surface area (Å²) in [5.41, 5.74) is -1.49. The molecule has 0 spiro atoms. The lowest BCUT2D eigenvalue weighted by Crippen LogP contribution is -2.48. The zero-order chi connectivity index (χ0) is 26.8. The van der Waals surface area contributed by atoms with Crippen molar-refractivity contribution in [2.24, 2.45) is 0 Å². The Labute approximate surface area is 208 Å². The number of benzene rings is 1. The standard InChI is InChI=1S/C25H22F4N4O4/c1-14(34)15-2-6-20(19(10-15)25(27,28)29)37-18-5-4-17(30-13-18)12-32-23(36)24(8-9-24)33-22(35)16-3-7-21(26)31-11-16/h2-7,10-11,13-14,34H,8-9,12H2,1H3,(H,32,36)(H,33,35). The summed E-state index contributed by atoms with van der Waals surface area (Å²) in [5.74, 6) is -2.10. The smallest absolute Gasteiger partial charge is 0.419 e. The second kappa shape index (κ2) is 10.1. The normalized spacial score (nSPS) is 15.0. The number of nitrogens with one attached hydrogen (secondary N) is 2. The van der Waals surface area contributed by atoms with Crippen LogP contribution in [0.25, 0.3) is 0 Å². The molecule has 8 nitrogen and oxygen atoms in total. The van der Waals surface area contributed by atoms with Crippen molar-refractivity contribution in [1.29, 1.82) is 0 Å². The van der Waals surface area contributed by atoms with Crippen LogP contribution in [0.3, 0.4) is 0 Å². The van der Waals surface area contributed by atoms with Gasteiger partial charge in [0.2, 0.25) is 11.9 Å². The molecule has 2 amide bonds. The summed E-state index contributed by atoms with van der Waals surface area (Å²) >= 11 is 0. The fourth-order valence-electron chi connectivity index (χ4n) is 3.49. The Kier molecular flexibility index (Phi) is 7.12. The maximum atomic E-state index is 13.5. The van der Waals surface area contributed by atoms with Crippen LogP contribution in [-0.4, -0.2) is 32.4 Å². The zero-order valence-corrected chi connectivity index (χ0v) is 19.5. The zero-order valence-electron chi connectivity index (χ0n) is 19.5. The van der Waals surface area contributed by atoms with Gasteiger partial charge < -0.3 is 20.5 Å². The Morgan fingerprint density at radius 3 is 2.43 bits per heavy atom. The minimum Gasteiger partial charge on any atom is -0.455 e. The van der Waals surface area contributed by atoms with Crippen molar-refractivity contribution >= 4 is 11.8 Å². The number of hydrogen-bond acceptors (Lipinski definition) is 6. The Balaban J connectivity index is 1.36. The van der Waals surface area contributed by atoms with Crippen LogP contribution in [0, 0.1) is 5.95 Å². The highest BCUT2D eigenvalue weighted by Gasteiger charge is 2.51. The molecule has 3 N–H and O–H groups in total. The summed E-state index contributed by atoms with van der Waals surface area (Å²) < 4.78 is 58.7. The fraction of sp³-hybridized carbons (Fsp3) is 0.280. The van der Waals surface area contributed by atoms with Gasteiger partial charge in [-0.3, -0.25) is 14.6 Å². The van der Waals surface area contributed by atoms with Crippen LogP contribution in [0.4, 0.5) is 17.6 Å². The first-order chi connectivity index (χ1) is 17.5. The first-order valence-electron chi connectivity index (χ1n) is 11.2. The molecule has 1 fully saturated rings. The highest BCUT2D eigenvalue weighted by Crippen LogP contribution is 2.39. The third kappa shape index (κ3) is 6.20. The molecule has 1 unspecified atom stereocenters. The van der Waals surface area contributed by atoms with E-state index in [1.807, 2.05) is 0 Å². The van der Waals surface area contributed by atoms with Gasteiger partial charge in [-0.2, -0.15) is 17.6 Å². The van der Waals surface area contributed by atoms with Gasteiger partial charge in [0.1, 0.15) is 17.0 Å². The Bertz CT molecular complexity index is 1290. The molecule has 2 aromatic heterocycles. The van der Waals surface area contributed by atoms with Gasteiger partial charge >= 0.3 is 6.18 Å². The number of alkyl halides is 3. The van der Waals surface area contributed by atoms with Crippen LogP contribution in [-0.2, 0) is 17.5 Å². The van der Waals surface area contributed by atoms with Gasteiger partial charge in [-0.15, -0.1) is 0 Å². The van der Waals surface area contributed by atoms with E-state index in [2.05, 4.69) is 20.6 Å². The molecule has 0 radical (unpaired) electrons. The van der Waals surface area contributed by atoms with Crippen LogP contribution < -0.4 is 15.4 Å². The van der Waals surface area contributed by atoms with Gasteiger partial charge in [0.15, 0.2) is 0 Å². The summed E-state index contributed by atoms with van der Waals surface area (Å²) in [6.45, 7) is 1.37. The van der Waals surface area contributed by atoms with E-state index in [4.69, 9.17) is 4.74 Å². The highest BCUT2D eigenvalue weighted by atomic mass is 19.4. The number of carbonyl (C=O) groups is 2. The average molecular weight is 518 g/mol. The number of ether oxygens (including phenoxy) is 1. The van der Waals surface area contributed by atoms with E-state index < -0.39 is 46.9 Å².